The third kappa shape index (κ3) is 3.84. The van der Waals surface area contributed by atoms with E-state index in [1.165, 1.54) is 29.1 Å². The minimum Gasteiger partial charge on any atom is -0.489 e. The first-order valence-corrected chi connectivity index (χ1v) is 9.40. The van der Waals surface area contributed by atoms with Crippen molar-refractivity contribution in [1.82, 2.24) is 15.3 Å². The number of carbonyl (C=O) groups excluding carboxylic acids is 2. The number of hydrogen-bond acceptors (Lipinski definition) is 7. The number of rotatable bonds is 3. The van der Waals surface area contributed by atoms with E-state index in [-0.39, 0.29) is 18.2 Å². The largest absolute Gasteiger partial charge is 0.489 e. The third-order valence-corrected chi connectivity index (χ3v) is 5.08. The number of carbonyl (C=O) groups is 2. The zero-order valence-electron chi connectivity index (χ0n) is 16.7. The average Bonchev–Trinajstić information content (AvgIpc) is 2.84. The molecule has 1 N–H and O–H groups in total. The van der Waals surface area contributed by atoms with E-state index >= 15 is 0 Å². The summed E-state index contributed by atoms with van der Waals surface area (Å²) in [5.74, 6) is -3.57. The lowest BCUT2D eigenvalue weighted by molar-refractivity contribution is -0.120. The van der Waals surface area contributed by atoms with Crippen LogP contribution in [0.3, 0.4) is 0 Å². The Morgan fingerprint density at radius 2 is 2.13 bits per heavy atom. The molecule has 11 heteroatoms. The molecule has 0 radical (unpaired) electrons. The van der Waals surface area contributed by atoms with Crippen molar-refractivity contribution in [1.29, 1.82) is 5.26 Å². The molecule has 160 valence electrons. The van der Waals surface area contributed by atoms with Gasteiger partial charge in [0.05, 0.1) is 30.4 Å². The molecule has 1 atom stereocenters. The molecule has 0 bridgehead atoms. The predicted molar refractivity (Wildman–Crippen MR) is 105 cm³/mol. The van der Waals surface area contributed by atoms with Crippen LogP contribution in [0, 0.1) is 18.3 Å². The van der Waals surface area contributed by atoms with E-state index in [9.17, 15) is 18.4 Å². The SMILES string of the molecule is Cc1cnc(C(=O)N[C@H]2COc3cc(C#N)ccc3N(C)C2=O)nc1N1CC(F)(F)C1. The number of nitriles is 1. The molecule has 2 aliphatic heterocycles. The van der Waals surface area contributed by atoms with Crippen LogP contribution in [0.4, 0.5) is 20.3 Å². The number of amides is 2. The number of likely N-dealkylation sites (N-methyl/N-ethyl adjacent to an activating group) is 1. The number of benzene rings is 1. The summed E-state index contributed by atoms with van der Waals surface area (Å²) in [4.78, 5) is 36.3. The summed E-state index contributed by atoms with van der Waals surface area (Å²) < 4.78 is 32.1. The first kappa shape index (κ1) is 20.5. The second-order valence-electron chi connectivity index (χ2n) is 7.44. The van der Waals surface area contributed by atoms with Gasteiger partial charge < -0.3 is 19.9 Å². The highest BCUT2D eigenvalue weighted by molar-refractivity contribution is 6.02. The lowest BCUT2D eigenvalue weighted by Crippen LogP contribution is -2.57. The second kappa shape index (κ2) is 7.46. The number of ether oxygens (including phenoxy) is 1. The summed E-state index contributed by atoms with van der Waals surface area (Å²) in [5.41, 5.74) is 1.40. The van der Waals surface area contributed by atoms with Gasteiger partial charge in [0.2, 0.25) is 5.82 Å². The number of alkyl halides is 2. The maximum absolute atomic E-state index is 13.2. The molecule has 4 rings (SSSR count). The summed E-state index contributed by atoms with van der Waals surface area (Å²) in [6, 6.07) is 5.64. The summed E-state index contributed by atoms with van der Waals surface area (Å²) in [6.45, 7) is 0.550. The summed E-state index contributed by atoms with van der Waals surface area (Å²) in [5, 5.41) is 11.6. The van der Waals surface area contributed by atoms with E-state index in [1.807, 2.05) is 6.07 Å². The quantitative estimate of drug-likeness (QED) is 0.784. The molecule has 0 spiro atoms. The van der Waals surface area contributed by atoms with Crippen molar-refractivity contribution in [2.75, 3.05) is 36.5 Å². The fourth-order valence-electron chi connectivity index (χ4n) is 3.42. The van der Waals surface area contributed by atoms with Crippen LogP contribution in [0.1, 0.15) is 21.7 Å². The van der Waals surface area contributed by atoms with Crippen molar-refractivity contribution < 1.29 is 23.1 Å². The Hall–Kier alpha value is -3.81. The molecule has 9 nitrogen and oxygen atoms in total. The van der Waals surface area contributed by atoms with Crippen LogP contribution < -0.4 is 19.9 Å². The summed E-state index contributed by atoms with van der Waals surface area (Å²) in [6.07, 6.45) is 1.38. The Kier molecular flexibility index (Phi) is 4.93. The molecule has 0 saturated carbocycles. The van der Waals surface area contributed by atoms with Crippen molar-refractivity contribution in [3.05, 3.63) is 41.3 Å². The number of nitrogens with one attached hydrogen (secondary N) is 1. The molecular formula is C20H18F2N6O3. The van der Waals surface area contributed by atoms with Gasteiger partial charge in [-0.3, -0.25) is 9.59 Å². The second-order valence-corrected chi connectivity index (χ2v) is 7.44. The fraction of sp³-hybridized carbons (Fsp3) is 0.350. The van der Waals surface area contributed by atoms with Gasteiger partial charge in [-0.2, -0.15) is 5.26 Å². The fourth-order valence-corrected chi connectivity index (χ4v) is 3.42. The highest BCUT2D eigenvalue weighted by Gasteiger charge is 2.45. The molecule has 2 amide bonds. The number of aryl methyl sites for hydroxylation is 1. The van der Waals surface area contributed by atoms with Crippen molar-refractivity contribution >= 4 is 23.3 Å². The van der Waals surface area contributed by atoms with E-state index in [2.05, 4.69) is 15.3 Å². The van der Waals surface area contributed by atoms with Crippen LogP contribution in [-0.4, -0.2) is 60.5 Å². The van der Waals surface area contributed by atoms with Gasteiger partial charge >= 0.3 is 0 Å². The molecule has 0 unspecified atom stereocenters. The average molecular weight is 428 g/mol. The molecule has 1 saturated heterocycles. The highest BCUT2D eigenvalue weighted by Crippen LogP contribution is 2.33. The Bertz CT molecular complexity index is 1110. The number of aromatic nitrogens is 2. The molecule has 1 aromatic carbocycles. The highest BCUT2D eigenvalue weighted by atomic mass is 19.3. The van der Waals surface area contributed by atoms with Gasteiger partial charge in [-0.1, -0.05) is 0 Å². The zero-order valence-corrected chi connectivity index (χ0v) is 16.7. The van der Waals surface area contributed by atoms with Crippen molar-refractivity contribution in [3.8, 4) is 11.8 Å². The van der Waals surface area contributed by atoms with Crippen LogP contribution >= 0.6 is 0 Å². The van der Waals surface area contributed by atoms with Crippen LogP contribution in [0.5, 0.6) is 5.75 Å². The Labute approximate surface area is 176 Å². The van der Waals surface area contributed by atoms with E-state index < -0.39 is 36.9 Å². The number of fused-ring (bicyclic) bond motifs is 1. The van der Waals surface area contributed by atoms with Gasteiger partial charge in [0.25, 0.3) is 17.7 Å². The Balaban J connectivity index is 1.51. The van der Waals surface area contributed by atoms with Crippen LogP contribution in [0.15, 0.2) is 24.4 Å². The molecule has 0 aliphatic carbocycles. The topological polar surface area (TPSA) is 111 Å². The number of nitrogens with zero attached hydrogens (tertiary/aromatic N) is 5. The van der Waals surface area contributed by atoms with Crippen molar-refractivity contribution in [3.63, 3.8) is 0 Å². The zero-order chi connectivity index (χ0) is 22.3. The van der Waals surface area contributed by atoms with E-state index in [0.29, 0.717) is 22.6 Å². The number of halogens is 2. The first-order valence-electron chi connectivity index (χ1n) is 9.40. The van der Waals surface area contributed by atoms with Gasteiger partial charge in [0, 0.05) is 24.9 Å². The standard InChI is InChI=1S/C20H18F2N6O3/c1-11-7-24-16(26-17(11)28-9-20(21,22)10-28)18(29)25-13-8-31-15-5-12(6-23)3-4-14(15)27(2)19(13)30/h3-5,7,13H,8-10H2,1-2H3,(H,25,29)/t13-/m0/s1. The molecule has 3 heterocycles. The summed E-state index contributed by atoms with van der Waals surface area (Å²) in [7, 11) is 1.53. The number of anilines is 2. The maximum atomic E-state index is 13.2. The van der Waals surface area contributed by atoms with Crippen molar-refractivity contribution in [2.24, 2.45) is 0 Å². The van der Waals surface area contributed by atoms with E-state index in [1.54, 1.807) is 19.1 Å². The normalized spacial score (nSPS) is 19.5. The molecule has 1 fully saturated rings. The lowest BCUT2D eigenvalue weighted by Gasteiger charge is -2.40. The third-order valence-electron chi connectivity index (χ3n) is 5.08. The smallest absolute Gasteiger partial charge is 0.289 e. The molecular weight excluding hydrogens is 410 g/mol. The minimum atomic E-state index is -2.78. The van der Waals surface area contributed by atoms with Crippen LogP contribution in [0.2, 0.25) is 0 Å². The minimum absolute atomic E-state index is 0.159. The first-order chi connectivity index (χ1) is 14.7. The summed E-state index contributed by atoms with van der Waals surface area (Å²) >= 11 is 0. The van der Waals surface area contributed by atoms with Gasteiger partial charge in [-0.15, -0.1) is 0 Å². The molecule has 2 aliphatic rings. The Morgan fingerprint density at radius 3 is 2.81 bits per heavy atom. The number of hydrogen-bond donors (Lipinski definition) is 1. The lowest BCUT2D eigenvalue weighted by atomic mass is 10.1. The van der Waals surface area contributed by atoms with E-state index in [4.69, 9.17) is 10.00 Å². The van der Waals surface area contributed by atoms with Gasteiger partial charge in [-0.05, 0) is 19.1 Å². The van der Waals surface area contributed by atoms with Crippen LogP contribution in [-0.2, 0) is 4.79 Å². The van der Waals surface area contributed by atoms with E-state index in [0.717, 1.165) is 0 Å². The molecule has 1 aromatic heterocycles. The molecule has 2 aromatic rings. The van der Waals surface area contributed by atoms with Gasteiger partial charge in [0.15, 0.2) is 0 Å². The molecule has 31 heavy (non-hydrogen) atoms. The maximum Gasteiger partial charge on any atom is 0.289 e. The van der Waals surface area contributed by atoms with Gasteiger partial charge in [-0.25, -0.2) is 18.7 Å². The van der Waals surface area contributed by atoms with Gasteiger partial charge in [0.1, 0.15) is 24.2 Å². The van der Waals surface area contributed by atoms with Crippen LogP contribution in [0.25, 0.3) is 0 Å². The Morgan fingerprint density at radius 1 is 1.39 bits per heavy atom. The monoisotopic (exact) mass is 428 g/mol. The van der Waals surface area contributed by atoms with Crippen molar-refractivity contribution in [2.45, 2.75) is 18.9 Å². The predicted octanol–water partition coefficient (Wildman–Crippen LogP) is 1.27.